The van der Waals surface area contributed by atoms with Gasteiger partial charge in [0.2, 0.25) is 0 Å². The van der Waals surface area contributed by atoms with Gasteiger partial charge in [0.25, 0.3) is 0 Å². The van der Waals surface area contributed by atoms with E-state index in [1.54, 1.807) is 0 Å². The van der Waals surface area contributed by atoms with Gasteiger partial charge in [-0.2, -0.15) is 0 Å². The lowest BCUT2D eigenvalue weighted by Gasteiger charge is -2.09. The highest BCUT2D eigenvalue weighted by molar-refractivity contribution is 5.27. The van der Waals surface area contributed by atoms with E-state index in [1.165, 1.54) is 17.5 Å². The van der Waals surface area contributed by atoms with Crippen LogP contribution in [-0.2, 0) is 6.42 Å². The Bertz CT molecular complexity index is 303. The summed E-state index contributed by atoms with van der Waals surface area (Å²) in [6.45, 7) is 8.83. The van der Waals surface area contributed by atoms with Crippen molar-refractivity contribution in [2.45, 2.75) is 40.0 Å². The van der Waals surface area contributed by atoms with Gasteiger partial charge >= 0.3 is 0 Å². The van der Waals surface area contributed by atoms with Crippen molar-refractivity contribution in [3.63, 3.8) is 0 Å². The molecule has 0 fully saturated rings. The van der Waals surface area contributed by atoms with E-state index < -0.39 is 0 Å². The van der Waals surface area contributed by atoms with Crippen LogP contribution in [0.3, 0.4) is 0 Å². The van der Waals surface area contributed by atoms with Gasteiger partial charge in [0.15, 0.2) is 0 Å². The molecule has 0 aromatic heterocycles. The number of benzene rings is 1. The summed E-state index contributed by atoms with van der Waals surface area (Å²) in [6.07, 6.45) is 5.53. The summed E-state index contributed by atoms with van der Waals surface area (Å²) in [6, 6.07) is 9.02. The molecular weight excluding hydrogens is 180 g/mol. The zero-order chi connectivity index (χ0) is 11.3. The van der Waals surface area contributed by atoms with Gasteiger partial charge in [0.1, 0.15) is 0 Å². The minimum atomic E-state index is 0.531. The third-order valence-corrected chi connectivity index (χ3v) is 2.63. The van der Waals surface area contributed by atoms with Crippen molar-refractivity contribution in [2.75, 3.05) is 0 Å². The number of allylic oxidation sites excluding steroid dienone is 2. The van der Waals surface area contributed by atoms with Crippen molar-refractivity contribution < 1.29 is 0 Å². The van der Waals surface area contributed by atoms with E-state index in [9.17, 15) is 0 Å². The quantitative estimate of drug-likeness (QED) is 0.628. The van der Waals surface area contributed by atoms with Gasteiger partial charge in [0.05, 0.1) is 0 Å². The summed E-state index contributed by atoms with van der Waals surface area (Å²) in [4.78, 5) is 0. The van der Waals surface area contributed by atoms with Crippen LogP contribution in [-0.4, -0.2) is 0 Å². The molecule has 0 heteroatoms. The highest BCUT2D eigenvalue weighted by atomic mass is 14.1. The second-order valence-corrected chi connectivity index (χ2v) is 4.65. The van der Waals surface area contributed by atoms with E-state index in [0.717, 1.165) is 5.92 Å². The second kappa shape index (κ2) is 5.75. The normalized spacial score (nSPS) is 13.7. The highest BCUT2D eigenvalue weighted by Crippen LogP contribution is 2.18. The molecular formula is C15H22. The standard InChI is InChI=1S/C15H22/c1-5-6-13(4)15-9-7-14(8-10-15)11-12(2)3/h5-10,12-13H,11H2,1-4H3/b6-5+. The maximum atomic E-state index is 2.26. The SMILES string of the molecule is C/C=C/C(C)c1ccc(CC(C)C)cc1. The predicted octanol–water partition coefficient (Wildman–Crippen LogP) is 4.56. The van der Waals surface area contributed by atoms with Crippen LogP contribution in [0.15, 0.2) is 36.4 Å². The number of hydrogen-bond acceptors (Lipinski definition) is 0. The smallest absolute Gasteiger partial charge is 0.00105 e. The molecule has 0 bridgehead atoms. The van der Waals surface area contributed by atoms with Crippen molar-refractivity contribution in [3.05, 3.63) is 47.5 Å². The van der Waals surface area contributed by atoms with E-state index in [4.69, 9.17) is 0 Å². The van der Waals surface area contributed by atoms with Crippen LogP contribution in [0, 0.1) is 5.92 Å². The minimum Gasteiger partial charge on any atom is -0.0911 e. The molecule has 1 unspecified atom stereocenters. The summed E-state index contributed by atoms with van der Waals surface area (Å²) in [5.74, 6) is 1.27. The molecule has 0 nitrogen and oxygen atoms in total. The third kappa shape index (κ3) is 3.91. The molecule has 0 aliphatic heterocycles. The Morgan fingerprint density at radius 2 is 1.67 bits per heavy atom. The summed E-state index contributed by atoms with van der Waals surface area (Å²) in [5, 5.41) is 0. The molecule has 1 aromatic rings. The highest BCUT2D eigenvalue weighted by Gasteiger charge is 2.02. The Morgan fingerprint density at radius 1 is 1.07 bits per heavy atom. The Hall–Kier alpha value is -1.04. The van der Waals surface area contributed by atoms with E-state index >= 15 is 0 Å². The molecule has 0 aliphatic rings. The summed E-state index contributed by atoms with van der Waals surface area (Å²) < 4.78 is 0. The van der Waals surface area contributed by atoms with E-state index in [2.05, 4.69) is 64.1 Å². The topological polar surface area (TPSA) is 0 Å². The fourth-order valence-corrected chi connectivity index (χ4v) is 1.83. The third-order valence-electron chi connectivity index (χ3n) is 2.63. The van der Waals surface area contributed by atoms with Gasteiger partial charge in [-0.25, -0.2) is 0 Å². The molecule has 0 aliphatic carbocycles. The molecule has 1 aromatic carbocycles. The molecule has 0 amide bonds. The first-order chi connectivity index (χ1) is 7.13. The van der Waals surface area contributed by atoms with Crippen molar-refractivity contribution in [2.24, 2.45) is 5.92 Å². The van der Waals surface area contributed by atoms with Crippen LogP contribution < -0.4 is 0 Å². The van der Waals surface area contributed by atoms with E-state index in [1.807, 2.05) is 0 Å². The molecule has 1 rings (SSSR count). The predicted molar refractivity (Wildman–Crippen MR) is 68.2 cm³/mol. The Morgan fingerprint density at radius 3 is 2.13 bits per heavy atom. The van der Waals surface area contributed by atoms with Crippen LogP contribution in [0.2, 0.25) is 0 Å². The molecule has 0 radical (unpaired) electrons. The Kier molecular flexibility index (Phi) is 4.61. The summed E-state index contributed by atoms with van der Waals surface area (Å²) >= 11 is 0. The molecule has 15 heavy (non-hydrogen) atoms. The average Bonchev–Trinajstić information content (AvgIpc) is 2.18. The number of rotatable bonds is 4. The van der Waals surface area contributed by atoms with Crippen LogP contribution in [0.4, 0.5) is 0 Å². The van der Waals surface area contributed by atoms with Gasteiger partial charge in [-0.1, -0.05) is 57.2 Å². The van der Waals surface area contributed by atoms with Crippen LogP contribution in [0.25, 0.3) is 0 Å². The van der Waals surface area contributed by atoms with Crippen molar-refractivity contribution in [3.8, 4) is 0 Å². The second-order valence-electron chi connectivity index (χ2n) is 4.65. The van der Waals surface area contributed by atoms with E-state index in [-0.39, 0.29) is 0 Å². The van der Waals surface area contributed by atoms with Gasteiger partial charge in [-0.05, 0) is 36.3 Å². The Balaban J connectivity index is 2.71. The van der Waals surface area contributed by atoms with Crippen molar-refractivity contribution >= 4 is 0 Å². The van der Waals surface area contributed by atoms with Gasteiger partial charge < -0.3 is 0 Å². The Labute approximate surface area is 94.0 Å². The van der Waals surface area contributed by atoms with Gasteiger partial charge in [-0.3, -0.25) is 0 Å². The molecule has 0 spiro atoms. The molecule has 0 heterocycles. The molecule has 0 N–H and O–H groups in total. The summed E-state index contributed by atoms with van der Waals surface area (Å²) in [7, 11) is 0. The maximum Gasteiger partial charge on any atom is -0.00105 e. The largest absolute Gasteiger partial charge is 0.0911 e. The number of hydrogen-bond donors (Lipinski definition) is 0. The molecule has 0 saturated carbocycles. The van der Waals surface area contributed by atoms with Crippen molar-refractivity contribution in [1.82, 2.24) is 0 Å². The lowest BCUT2D eigenvalue weighted by atomic mass is 9.96. The van der Waals surface area contributed by atoms with E-state index in [0.29, 0.717) is 5.92 Å². The van der Waals surface area contributed by atoms with Crippen molar-refractivity contribution in [1.29, 1.82) is 0 Å². The zero-order valence-corrected chi connectivity index (χ0v) is 10.3. The minimum absolute atomic E-state index is 0.531. The lowest BCUT2D eigenvalue weighted by Crippen LogP contribution is -1.95. The van der Waals surface area contributed by atoms with Crippen LogP contribution in [0.1, 0.15) is 44.7 Å². The lowest BCUT2D eigenvalue weighted by molar-refractivity contribution is 0.647. The summed E-state index contributed by atoms with van der Waals surface area (Å²) in [5.41, 5.74) is 2.85. The first kappa shape index (κ1) is 12.0. The molecule has 82 valence electrons. The van der Waals surface area contributed by atoms with Gasteiger partial charge in [0, 0.05) is 0 Å². The van der Waals surface area contributed by atoms with Crippen LogP contribution in [0.5, 0.6) is 0 Å². The maximum absolute atomic E-state index is 2.26. The first-order valence-corrected chi connectivity index (χ1v) is 5.85. The molecule has 1 atom stereocenters. The van der Waals surface area contributed by atoms with Crippen LogP contribution >= 0.6 is 0 Å². The average molecular weight is 202 g/mol. The monoisotopic (exact) mass is 202 g/mol. The first-order valence-electron chi connectivity index (χ1n) is 5.85. The fraction of sp³-hybridized carbons (Fsp3) is 0.467. The molecule has 0 saturated heterocycles. The zero-order valence-electron chi connectivity index (χ0n) is 10.3. The van der Waals surface area contributed by atoms with Gasteiger partial charge in [-0.15, -0.1) is 0 Å². The fourth-order valence-electron chi connectivity index (χ4n) is 1.83.